The molecule has 0 atom stereocenters. The summed E-state index contributed by atoms with van der Waals surface area (Å²) in [5.41, 5.74) is 2.47. The Morgan fingerprint density at radius 3 is 2.21 bits per heavy atom. The fourth-order valence-electron chi connectivity index (χ4n) is 2.86. The van der Waals surface area contributed by atoms with Crippen molar-refractivity contribution in [2.24, 2.45) is 0 Å². The SMILES string of the molecule is CCOc1ccc(-c2nc(-c3ccc(OCC)c(C(=O)O)c3)cs2)cc1OCC. The number of hydrogen-bond acceptors (Lipinski definition) is 6. The van der Waals surface area contributed by atoms with Gasteiger partial charge in [-0.05, 0) is 57.2 Å². The lowest BCUT2D eigenvalue weighted by molar-refractivity contribution is 0.0692. The monoisotopic (exact) mass is 413 g/mol. The molecule has 0 fully saturated rings. The van der Waals surface area contributed by atoms with Gasteiger partial charge in [0, 0.05) is 16.5 Å². The van der Waals surface area contributed by atoms with E-state index in [2.05, 4.69) is 0 Å². The van der Waals surface area contributed by atoms with Crippen LogP contribution in [0.1, 0.15) is 31.1 Å². The van der Waals surface area contributed by atoms with Crippen molar-refractivity contribution in [3.8, 4) is 39.1 Å². The van der Waals surface area contributed by atoms with Gasteiger partial charge < -0.3 is 19.3 Å². The maximum atomic E-state index is 11.6. The number of rotatable bonds is 9. The summed E-state index contributed by atoms with van der Waals surface area (Å²) in [6.45, 7) is 7.18. The Kier molecular flexibility index (Phi) is 6.72. The number of aromatic nitrogens is 1. The van der Waals surface area contributed by atoms with Crippen LogP contribution in [0, 0.1) is 0 Å². The van der Waals surface area contributed by atoms with Crippen LogP contribution in [0.2, 0.25) is 0 Å². The third-order valence-corrected chi connectivity index (χ3v) is 4.99. The molecular formula is C22H23NO5S. The Morgan fingerprint density at radius 2 is 1.52 bits per heavy atom. The molecule has 0 saturated heterocycles. The first-order valence-electron chi connectivity index (χ1n) is 9.43. The second kappa shape index (κ2) is 9.43. The van der Waals surface area contributed by atoms with Crippen LogP contribution in [-0.4, -0.2) is 35.9 Å². The standard InChI is InChI=1S/C22H23NO5S/c1-4-26-18-9-7-14(11-16(18)22(24)25)17-13-29-21(23-17)15-8-10-19(27-5-2)20(12-15)28-6-3/h7-13H,4-6H2,1-3H3,(H,24,25). The number of carboxylic acid groups (broad SMARTS) is 1. The lowest BCUT2D eigenvalue weighted by Gasteiger charge is -2.11. The molecule has 1 heterocycles. The first kappa shape index (κ1) is 20.7. The summed E-state index contributed by atoms with van der Waals surface area (Å²) in [5.74, 6) is 0.705. The predicted molar refractivity (Wildman–Crippen MR) is 113 cm³/mol. The summed E-state index contributed by atoms with van der Waals surface area (Å²) in [6.07, 6.45) is 0. The number of nitrogens with zero attached hydrogens (tertiary/aromatic N) is 1. The molecule has 1 aromatic heterocycles. The Bertz CT molecular complexity index is 999. The zero-order valence-corrected chi connectivity index (χ0v) is 17.4. The van der Waals surface area contributed by atoms with Crippen molar-refractivity contribution in [3.05, 3.63) is 47.3 Å². The van der Waals surface area contributed by atoms with Crippen LogP contribution in [0.3, 0.4) is 0 Å². The molecule has 0 aliphatic carbocycles. The molecule has 0 aliphatic heterocycles. The molecule has 2 aromatic carbocycles. The summed E-state index contributed by atoms with van der Waals surface area (Å²) < 4.78 is 16.7. The van der Waals surface area contributed by atoms with Crippen molar-refractivity contribution in [3.63, 3.8) is 0 Å². The lowest BCUT2D eigenvalue weighted by atomic mass is 10.1. The first-order valence-corrected chi connectivity index (χ1v) is 10.3. The van der Waals surface area contributed by atoms with Gasteiger partial charge in [0.15, 0.2) is 11.5 Å². The summed E-state index contributed by atoms with van der Waals surface area (Å²) in [5, 5.41) is 12.2. The highest BCUT2D eigenvalue weighted by Gasteiger charge is 2.15. The highest BCUT2D eigenvalue weighted by atomic mass is 32.1. The van der Waals surface area contributed by atoms with Gasteiger partial charge in [-0.15, -0.1) is 11.3 Å². The van der Waals surface area contributed by atoms with Gasteiger partial charge in [0.1, 0.15) is 16.3 Å². The van der Waals surface area contributed by atoms with Crippen LogP contribution >= 0.6 is 11.3 Å². The van der Waals surface area contributed by atoms with Crippen molar-refractivity contribution >= 4 is 17.3 Å². The lowest BCUT2D eigenvalue weighted by Crippen LogP contribution is -2.03. The molecule has 0 aliphatic rings. The minimum atomic E-state index is -1.03. The quantitative estimate of drug-likeness (QED) is 0.508. The van der Waals surface area contributed by atoms with Crippen LogP contribution in [0.5, 0.6) is 17.2 Å². The number of hydrogen-bond donors (Lipinski definition) is 1. The summed E-state index contributed by atoms with van der Waals surface area (Å²) in [6, 6.07) is 10.8. The molecule has 3 aromatic rings. The second-order valence-electron chi connectivity index (χ2n) is 6.01. The normalized spacial score (nSPS) is 10.6. The molecule has 0 spiro atoms. The number of carboxylic acids is 1. The summed E-state index contributed by atoms with van der Waals surface area (Å²) in [7, 11) is 0. The molecule has 152 valence electrons. The summed E-state index contributed by atoms with van der Waals surface area (Å²) in [4.78, 5) is 16.3. The zero-order valence-electron chi connectivity index (χ0n) is 16.6. The van der Waals surface area contributed by atoms with Crippen molar-refractivity contribution < 1.29 is 24.1 Å². The van der Waals surface area contributed by atoms with Crippen LogP contribution in [-0.2, 0) is 0 Å². The fraction of sp³-hybridized carbons (Fsp3) is 0.273. The van der Waals surface area contributed by atoms with Gasteiger partial charge in [-0.1, -0.05) is 0 Å². The first-order chi connectivity index (χ1) is 14.1. The van der Waals surface area contributed by atoms with Crippen molar-refractivity contribution in [2.45, 2.75) is 20.8 Å². The zero-order chi connectivity index (χ0) is 20.8. The van der Waals surface area contributed by atoms with E-state index in [0.717, 1.165) is 16.1 Å². The van der Waals surface area contributed by atoms with Gasteiger partial charge >= 0.3 is 5.97 Å². The van der Waals surface area contributed by atoms with E-state index in [4.69, 9.17) is 19.2 Å². The molecule has 0 saturated carbocycles. The van der Waals surface area contributed by atoms with Crippen molar-refractivity contribution in [1.29, 1.82) is 0 Å². The van der Waals surface area contributed by atoms with E-state index >= 15 is 0 Å². The van der Waals surface area contributed by atoms with Gasteiger partial charge in [-0.3, -0.25) is 0 Å². The molecular weight excluding hydrogens is 390 g/mol. The van der Waals surface area contributed by atoms with Gasteiger partial charge in [0.25, 0.3) is 0 Å². The van der Waals surface area contributed by atoms with E-state index in [-0.39, 0.29) is 5.56 Å². The predicted octanol–water partition coefficient (Wildman–Crippen LogP) is 5.37. The van der Waals surface area contributed by atoms with Crippen LogP contribution in [0.25, 0.3) is 21.8 Å². The topological polar surface area (TPSA) is 77.9 Å². The molecule has 29 heavy (non-hydrogen) atoms. The van der Waals surface area contributed by atoms with Crippen molar-refractivity contribution in [2.75, 3.05) is 19.8 Å². The van der Waals surface area contributed by atoms with E-state index < -0.39 is 5.97 Å². The molecule has 0 bridgehead atoms. The fourth-order valence-corrected chi connectivity index (χ4v) is 3.69. The van der Waals surface area contributed by atoms with Gasteiger partial charge in [0.2, 0.25) is 0 Å². The van der Waals surface area contributed by atoms with Crippen LogP contribution in [0.4, 0.5) is 0 Å². The second-order valence-corrected chi connectivity index (χ2v) is 6.87. The number of thiazole rings is 1. The minimum Gasteiger partial charge on any atom is -0.493 e. The third-order valence-electron chi connectivity index (χ3n) is 4.10. The molecule has 6 nitrogen and oxygen atoms in total. The highest BCUT2D eigenvalue weighted by Crippen LogP contribution is 2.36. The molecule has 3 rings (SSSR count). The molecule has 0 unspecified atom stereocenters. The third kappa shape index (κ3) is 4.68. The number of carbonyl (C=O) groups is 1. The number of aromatic carboxylic acids is 1. The van der Waals surface area contributed by atoms with Gasteiger partial charge in [0.05, 0.1) is 25.5 Å². The molecule has 7 heteroatoms. The van der Waals surface area contributed by atoms with E-state index in [1.165, 1.54) is 11.3 Å². The van der Waals surface area contributed by atoms with Crippen LogP contribution in [0.15, 0.2) is 41.8 Å². The number of ether oxygens (including phenoxy) is 3. The Hall–Kier alpha value is -3.06. The smallest absolute Gasteiger partial charge is 0.339 e. The minimum absolute atomic E-state index is 0.124. The summed E-state index contributed by atoms with van der Waals surface area (Å²) >= 11 is 1.49. The Labute approximate surface area is 173 Å². The van der Waals surface area contributed by atoms with E-state index in [1.807, 2.05) is 50.4 Å². The van der Waals surface area contributed by atoms with Crippen molar-refractivity contribution in [1.82, 2.24) is 4.98 Å². The van der Waals surface area contributed by atoms with E-state index in [9.17, 15) is 9.90 Å². The average Bonchev–Trinajstić information content (AvgIpc) is 3.20. The Balaban J connectivity index is 1.94. The van der Waals surface area contributed by atoms with E-state index in [1.54, 1.807) is 12.1 Å². The maximum absolute atomic E-state index is 11.6. The molecule has 1 N–H and O–H groups in total. The number of benzene rings is 2. The molecule has 0 radical (unpaired) electrons. The maximum Gasteiger partial charge on any atom is 0.339 e. The largest absolute Gasteiger partial charge is 0.493 e. The molecule has 0 amide bonds. The highest BCUT2D eigenvalue weighted by molar-refractivity contribution is 7.13. The van der Waals surface area contributed by atoms with Gasteiger partial charge in [-0.2, -0.15) is 0 Å². The Morgan fingerprint density at radius 1 is 0.897 bits per heavy atom. The van der Waals surface area contributed by atoms with E-state index in [0.29, 0.717) is 42.8 Å². The van der Waals surface area contributed by atoms with Crippen LogP contribution < -0.4 is 14.2 Å². The van der Waals surface area contributed by atoms with Gasteiger partial charge in [-0.25, -0.2) is 9.78 Å². The average molecular weight is 413 g/mol.